The van der Waals surface area contributed by atoms with Crippen molar-refractivity contribution in [1.82, 2.24) is 0 Å². The van der Waals surface area contributed by atoms with E-state index in [4.69, 9.17) is 4.74 Å². The summed E-state index contributed by atoms with van der Waals surface area (Å²) in [5.41, 5.74) is -0.313. The van der Waals surface area contributed by atoms with Gasteiger partial charge in [0.1, 0.15) is 0 Å². The van der Waals surface area contributed by atoms with E-state index in [-0.39, 0.29) is 11.4 Å². The van der Waals surface area contributed by atoms with Crippen molar-refractivity contribution in [2.45, 2.75) is 111 Å². The Morgan fingerprint density at radius 1 is 0.727 bits per heavy atom. The largest absolute Gasteiger partial charge is 0.469 e. The van der Waals surface area contributed by atoms with Gasteiger partial charge in [0.25, 0.3) is 0 Å². The molecule has 0 atom stereocenters. The number of esters is 1. The molecule has 0 bridgehead atoms. The van der Waals surface area contributed by atoms with Crippen LogP contribution in [-0.4, -0.2) is 13.1 Å². The van der Waals surface area contributed by atoms with Crippen molar-refractivity contribution in [2.75, 3.05) is 7.11 Å². The van der Waals surface area contributed by atoms with Crippen molar-refractivity contribution in [3.05, 3.63) is 0 Å². The Balaban J connectivity index is 3.25. The van der Waals surface area contributed by atoms with Gasteiger partial charge in [-0.1, -0.05) is 90.4 Å². The second kappa shape index (κ2) is 14.1. The van der Waals surface area contributed by atoms with Crippen LogP contribution in [0.2, 0.25) is 0 Å². The Labute approximate surface area is 139 Å². The van der Waals surface area contributed by atoms with Crippen LogP contribution in [-0.2, 0) is 9.53 Å². The van der Waals surface area contributed by atoms with Gasteiger partial charge in [-0.15, -0.1) is 0 Å². The summed E-state index contributed by atoms with van der Waals surface area (Å²) in [6.45, 7) is 6.25. The molecule has 22 heavy (non-hydrogen) atoms. The van der Waals surface area contributed by atoms with E-state index in [9.17, 15) is 4.79 Å². The molecule has 0 spiro atoms. The van der Waals surface area contributed by atoms with Crippen molar-refractivity contribution in [3.8, 4) is 0 Å². The molecule has 0 saturated heterocycles. The zero-order valence-corrected chi connectivity index (χ0v) is 15.7. The Morgan fingerprint density at radius 2 is 1.09 bits per heavy atom. The fraction of sp³-hybridized carbons (Fsp3) is 0.950. The van der Waals surface area contributed by atoms with E-state index in [1.54, 1.807) is 0 Å². The van der Waals surface area contributed by atoms with Gasteiger partial charge in [0.05, 0.1) is 12.5 Å². The lowest BCUT2D eigenvalue weighted by Crippen LogP contribution is -2.25. The Hall–Kier alpha value is -0.530. The summed E-state index contributed by atoms with van der Waals surface area (Å²) >= 11 is 0. The summed E-state index contributed by atoms with van der Waals surface area (Å²) in [6, 6.07) is 0. The first-order chi connectivity index (χ1) is 10.5. The molecule has 0 aliphatic carbocycles. The smallest absolute Gasteiger partial charge is 0.311 e. The van der Waals surface area contributed by atoms with Gasteiger partial charge in [0.2, 0.25) is 0 Å². The van der Waals surface area contributed by atoms with E-state index in [1.807, 2.05) is 13.8 Å². The molecule has 132 valence electrons. The molecule has 0 fully saturated rings. The van der Waals surface area contributed by atoms with Crippen molar-refractivity contribution in [3.63, 3.8) is 0 Å². The fourth-order valence-corrected chi connectivity index (χ4v) is 2.96. The zero-order chi connectivity index (χ0) is 16.7. The van der Waals surface area contributed by atoms with E-state index >= 15 is 0 Å². The number of rotatable bonds is 15. The molecule has 0 amide bonds. The van der Waals surface area contributed by atoms with E-state index in [1.165, 1.54) is 84.2 Å². The van der Waals surface area contributed by atoms with Crippen LogP contribution in [0.1, 0.15) is 111 Å². The normalized spacial score (nSPS) is 11.6. The molecule has 0 N–H and O–H groups in total. The molecule has 0 unspecified atom stereocenters. The minimum Gasteiger partial charge on any atom is -0.469 e. The monoisotopic (exact) mass is 312 g/mol. The van der Waals surface area contributed by atoms with Crippen molar-refractivity contribution in [2.24, 2.45) is 5.41 Å². The summed E-state index contributed by atoms with van der Waals surface area (Å²) in [7, 11) is 1.48. The van der Waals surface area contributed by atoms with Crippen molar-refractivity contribution < 1.29 is 9.53 Å². The number of hydrogen-bond acceptors (Lipinski definition) is 2. The Kier molecular flexibility index (Phi) is 13.7. The summed E-state index contributed by atoms with van der Waals surface area (Å²) in [4.78, 5) is 11.6. The third kappa shape index (κ3) is 12.1. The molecule has 0 saturated carbocycles. The molecular formula is C20H40O2. The maximum absolute atomic E-state index is 11.6. The van der Waals surface area contributed by atoms with Gasteiger partial charge in [-0.05, 0) is 20.3 Å². The SMILES string of the molecule is CCCCCCCCCCCCCCCC(C)(C)C(=O)OC. The van der Waals surface area contributed by atoms with Crippen LogP contribution in [0, 0.1) is 5.41 Å². The molecule has 0 radical (unpaired) electrons. The van der Waals surface area contributed by atoms with Crippen LogP contribution in [0.3, 0.4) is 0 Å². The van der Waals surface area contributed by atoms with Gasteiger partial charge in [-0.3, -0.25) is 4.79 Å². The van der Waals surface area contributed by atoms with Crippen LogP contribution < -0.4 is 0 Å². The van der Waals surface area contributed by atoms with Gasteiger partial charge in [0.15, 0.2) is 0 Å². The maximum atomic E-state index is 11.6. The zero-order valence-electron chi connectivity index (χ0n) is 15.7. The second-order valence-corrected chi connectivity index (χ2v) is 7.37. The molecule has 0 aromatic rings. The van der Waals surface area contributed by atoms with Gasteiger partial charge in [-0.2, -0.15) is 0 Å². The van der Waals surface area contributed by atoms with Crippen LogP contribution in [0.4, 0.5) is 0 Å². The average Bonchev–Trinajstić information content (AvgIpc) is 2.50. The average molecular weight is 313 g/mol. The number of unbranched alkanes of at least 4 members (excludes halogenated alkanes) is 12. The first-order valence-electron chi connectivity index (χ1n) is 9.63. The molecule has 0 aliphatic heterocycles. The minimum absolute atomic E-state index is 0.0774. The van der Waals surface area contributed by atoms with Gasteiger partial charge in [-0.25, -0.2) is 0 Å². The quantitative estimate of drug-likeness (QED) is 0.249. The Morgan fingerprint density at radius 3 is 1.45 bits per heavy atom. The lowest BCUT2D eigenvalue weighted by molar-refractivity contribution is -0.151. The lowest BCUT2D eigenvalue weighted by atomic mass is 9.87. The van der Waals surface area contributed by atoms with E-state index in [2.05, 4.69) is 6.92 Å². The van der Waals surface area contributed by atoms with E-state index in [0.29, 0.717) is 0 Å². The molecule has 0 aromatic heterocycles. The number of methoxy groups -OCH3 is 1. The van der Waals surface area contributed by atoms with Crippen LogP contribution >= 0.6 is 0 Å². The number of carbonyl (C=O) groups excluding carboxylic acids is 1. The van der Waals surface area contributed by atoms with Crippen molar-refractivity contribution in [1.29, 1.82) is 0 Å². The van der Waals surface area contributed by atoms with Gasteiger partial charge < -0.3 is 4.74 Å². The van der Waals surface area contributed by atoms with Crippen LogP contribution in [0.25, 0.3) is 0 Å². The highest BCUT2D eigenvalue weighted by atomic mass is 16.5. The number of ether oxygens (including phenoxy) is 1. The first kappa shape index (κ1) is 21.5. The Bertz CT molecular complexity index is 258. The standard InChI is InChI=1S/C20H40O2/c1-5-6-7-8-9-10-11-12-13-14-15-16-17-18-20(2,3)19(21)22-4/h5-18H2,1-4H3. The molecule has 0 aliphatic rings. The van der Waals surface area contributed by atoms with Gasteiger partial charge in [0, 0.05) is 0 Å². The first-order valence-corrected chi connectivity index (χ1v) is 9.63. The summed E-state index contributed by atoms with van der Waals surface area (Å²) in [5, 5.41) is 0. The predicted octanol–water partition coefficient (Wildman–Crippen LogP) is 6.67. The number of hydrogen-bond donors (Lipinski definition) is 0. The predicted molar refractivity (Wildman–Crippen MR) is 96.1 cm³/mol. The number of carbonyl (C=O) groups is 1. The highest BCUT2D eigenvalue weighted by molar-refractivity contribution is 5.75. The fourth-order valence-electron chi connectivity index (χ4n) is 2.96. The summed E-state index contributed by atoms with van der Waals surface area (Å²) in [5.74, 6) is -0.0774. The summed E-state index contributed by atoms with van der Waals surface area (Å²) < 4.78 is 4.84. The highest BCUT2D eigenvalue weighted by Crippen LogP contribution is 2.25. The van der Waals surface area contributed by atoms with E-state index < -0.39 is 0 Å². The third-order valence-corrected chi connectivity index (χ3v) is 4.64. The lowest BCUT2D eigenvalue weighted by Gasteiger charge is -2.20. The molecule has 0 aromatic carbocycles. The molecule has 2 heteroatoms. The molecule has 2 nitrogen and oxygen atoms in total. The maximum Gasteiger partial charge on any atom is 0.311 e. The van der Waals surface area contributed by atoms with E-state index in [0.717, 1.165) is 12.8 Å². The molecule has 0 rings (SSSR count). The second-order valence-electron chi connectivity index (χ2n) is 7.37. The highest BCUT2D eigenvalue weighted by Gasteiger charge is 2.27. The molecular weight excluding hydrogens is 272 g/mol. The minimum atomic E-state index is -0.313. The third-order valence-electron chi connectivity index (χ3n) is 4.64. The topological polar surface area (TPSA) is 26.3 Å². The van der Waals surface area contributed by atoms with Crippen molar-refractivity contribution >= 4 is 5.97 Å². The van der Waals surface area contributed by atoms with Gasteiger partial charge >= 0.3 is 5.97 Å². The molecule has 0 heterocycles. The van der Waals surface area contributed by atoms with Crippen LogP contribution in [0.15, 0.2) is 0 Å². The summed E-state index contributed by atoms with van der Waals surface area (Å²) in [6.07, 6.45) is 18.7. The van der Waals surface area contributed by atoms with Crippen LogP contribution in [0.5, 0.6) is 0 Å².